The van der Waals surface area contributed by atoms with E-state index in [-0.39, 0.29) is 18.2 Å². The molecule has 3 rings (SSSR count). The summed E-state index contributed by atoms with van der Waals surface area (Å²) in [4.78, 5) is 26.9. The third-order valence-corrected chi connectivity index (χ3v) is 5.62. The summed E-state index contributed by atoms with van der Waals surface area (Å²) in [5.41, 5.74) is 1.19. The Morgan fingerprint density at radius 2 is 2.07 bits per heavy atom. The van der Waals surface area contributed by atoms with Gasteiger partial charge in [-0.15, -0.1) is 0 Å². The molecule has 1 fully saturated rings. The molecule has 2 aromatic carbocycles. The van der Waals surface area contributed by atoms with Gasteiger partial charge in [-0.3, -0.25) is 14.5 Å². The second-order valence-corrected chi connectivity index (χ2v) is 7.80. The predicted octanol–water partition coefficient (Wildman–Crippen LogP) is 2.40. The molecule has 0 radical (unpaired) electrons. The van der Waals surface area contributed by atoms with E-state index in [1.165, 1.54) is 16.3 Å². The highest BCUT2D eigenvalue weighted by atomic mass is 32.2. The Hall–Kier alpha value is -2.05. The summed E-state index contributed by atoms with van der Waals surface area (Å²) in [6.45, 7) is 2.70. The summed E-state index contributed by atoms with van der Waals surface area (Å²) < 4.78 is 0. The zero-order chi connectivity index (χ0) is 19.1. The highest BCUT2D eigenvalue weighted by molar-refractivity contribution is 7.98. The molecule has 6 heteroatoms. The zero-order valence-corrected chi connectivity index (χ0v) is 16.6. The van der Waals surface area contributed by atoms with Crippen LogP contribution in [-0.2, 0) is 16.1 Å². The van der Waals surface area contributed by atoms with Crippen molar-refractivity contribution in [3.05, 3.63) is 48.0 Å². The minimum absolute atomic E-state index is 0.0546. The lowest BCUT2D eigenvalue weighted by Gasteiger charge is -2.35. The molecule has 0 aliphatic carbocycles. The van der Waals surface area contributed by atoms with Crippen LogP contribution in [-0.4, -0.2) is 54.4 Å². The Morgan fingerprint density at radius 1 is 1.26 bits per heavy atom. The summed E-state index contributed by atoms with van der Waals surface area (Å²) in [5.74, 6) is 0.916. The molecule has 1 unspecified atom stereocenters. The molecular formula is C21H27N3O2S. The third kappa shape index (κ3) is 5.23. The van der Waals surface area contributed by atoms with Crippen LogP contribution in [0, 0.1) is 0 Å². The molecule has 0 saturated carbocycles. The van der Waals surface area contributed by atoms with Gasteiger partial charge in [0, 0.05) is 26.2 Å². The molecule has 5 nitrogen and oxygen atoms in total. The van der Waals surface area contributed by atoms with Gasteiger partial charge >= 0.3 is 0 Å². The van der Waals surface area contributed by atoms with Crippen molar-refractivity contribution in [1.29, 1.82) is 0 Å². The SMILES string of the molecule is CSCCCNC(=O)CC1C(=O)NCCN1Cc1cccc2ccccc12. The lowest BCUT2D eigenvalue weighted by atomic mass is 10.0. The number of piperazine rings is 1. The smallest absolute Gasteiger partial charge is 0.237 e. The van der Waals surface area contributed by atoms with E-state index in [9.17, 15) is 9.59 Å². The molecule has 144 valence electrons. The highest BCUT2D eigenvalue weighted by Gasteiger charge is 2.31. The Labute approximate surface area is 164 Å². The van der Waals surface area contributed by atoms with Crippen molar-refractivity contribution >= 4 is 34.3 Å². The Kier molecular flexibility index (Phi) is 7.12. The largest absolute Gasteiger partial charge is 0.356 e. The van der Waals surface area contributed by atoms with E-state index in [0.717, 1.165) is 18.7 Å². The van der Waals surface area contributed by atoms with E-state index in [0.29, 0.717) is 19.6 Å². The van der Waals surface area contributed by atoms with Crippen LogP contribution in [0.25, 0.3) is 10.8 Å². The molecule has 1 heterocycles. The van der Waals surface area contributed by atoms with Crippen LogP contribution < -0.4 is 10.6 Å². The summed E-state index contributed by atoms with van der Waals surface area (Å²) in [6, 6.07) is 14.1. The van der Waals surface area contributed by atoms with Gasteiger partial charge in [0.2, 0.25) is 11.8 Å². The predicted molar refractivity (Wildman–Crippen MR) is 112 cm³/mol. The summed E-state index contributed by atoms with van der Waals surface area (Å²) >= 11 is 1.77. The number of rotatable bonds is 8. The van der Waals surface area contributed by atoms with Gasteiger partial charge in [0.15, 0.2) is 0 Å². The van der Waals surface area contributed by atoms with Crippen molar-refractivity contribution < 1.29 is 9.59 Å². The standard InChI is InChI=1S/C21H27N3O2S/c1-27-13-5-10-22-20(25)14-19-21(26)23-11-12-24(19)15-17-8-4-7-16-6-2-3-9-18(16)17/h2-4,6-9,19H,5,10-15H2,1H3,(H,22,25)(H,23,26). The van der Waals surface area contributed by atoms with Crippen molar-refractivity contribution in [2.24, 2.45) is 0 Å². The number of hydrogen-bond donors (Lipinski definition) is 2. The monoisotopic (exact) mass is 385 g/mol. The van der Waals surface area contributed by atoms with Crippen LogP contribution in [0.1, 0.15) is 18.4 Å². The normalized spacial score (nSPS) is 17.7. The van der Waals surface area contributed by atoms with Gasteiger partial charge in [-0.2, -0.15) is 11.8 Å². The first-order valence-electron chi connectivity index (χ1n) is 9.43. The van der Waals surface area contributed by atoms with Crippen LogP contribution in [0.4, 0.5) is 0 Å². The summed E-state index contributed by atoms with van der Waals surface area (Å²) in [6.07, 6.45) is 3.21. The maximum atomic E-state index is 12.4. The average molecular weight is 386 g/mol. The van der Waals surface area contributed by atoms with Gasteiger partial charge in [-0.05, 0) is 34.8 Å². The molecular weight excluding hydrogens is 358 g/mol. The average Bonchev–Trinajstić information content (AvgIpc) is 2.68. The van der Waals surface area contributed by atoms with Crippen molar-refractivity contribution in [3.63, 3.8) is 0 Å². The number of amides is 2. The van der Waals surface area contributed by atoms with Gasteiger partial charge in [0.1, 0.15) is 0 Å². The lowest BCUT2D eigenvalue weighted by molar-refractivity contribution is -0.134. The van der Waals surface area contributed by atoms with Crippen LogP contribution >= 0.6 is 11.8 Å². The maximum absolute atomic E-state index is 12.4. The van der Waals surface area contributed by atoms with Crippen LogP contribution in [0.3, 0.4) is 0 Å². The van der Waals surface area contributed by atoms with Crippen molar-refractivity contribution in [1.82, 2.24) is 15.5 Å². The molecule has 1 saturated heterocycles. The van der Waals surface area contributed by atoms with E-state index in [1.54, 1.807) is 11.8 Å². The second-order valence-electron chi connectivity index (χ2n) is 6.82. The quantitative estimate of drug-likeness (QED) is 0.685. The number of hydrogen-bond acceptors (Lipinski definition) is 4. The number of nitrogens with zero attached hydrogens (tertiary/aromatic N) is 1. The fourth-order valence-electron chi connectivity index (χ4n) is 3.51. The molecule has 1 aliphatic heterocycles. The van der Waals surface area contributed by atoms with E-state index in [4.69, 9.17) is 0 Å². The van der Waals surface area contributed by atoms with E-state index in [2.05, 4.69) is 52.1 Å². The van der Waals surface area contributed by atoms with Crippen LogP contribution in [0.5, 0.6) is 0 Å². The number of nitrogens with one attached hydrogen (secondary N) is 2. The fourth-order valence-corrected chi connectivity index (χ4v) is 3.95. The summed E-state index contributed by atoms with van der Waals surface area (Å²) in [7, 11) is 0. The first kappa shape index (κ1) is 19.7. The Balaban J connectivity index is 1.68. The first-order chi connectivity index (χ1) is 13.2. The van der Waals surface area contributed by atoms with Gasteiger partial charge in [-0.1, -0.05) is 42.5 Å². The van der Waals surface area contributed by atoms with Crippen LogP contribution in [0.15, 0.2) is 42.5 Å². The number of carbonyl (C=O) groups excluding carboxylic acids is 2. The topological polar surface area (TPSA) is 61.4 Å². The molecule has 2 N–H and O–H groups in total. The Morgan fingerprint density at radius 3 is 2.93 bits per heavy atom. The summed E-state index contributed by atoms with van der Waals surface area (Å²) in [5, 5.41) is 8.24. The van der Waals surface area contributed by atoms with E-state index in [1.807, 2.05) is 12.1 Å². The molecule has 0 aromatic heterocycles. The molecule has 1 aliphatic rings. The molecule has 0 bridgehead atoms. The lowest BCUT2D eigenvalue weighted by Crippen LogP contribution is -2.56. The van der Waals surface area contributed by atoms with E-state index >= 15 is 0 Å². The van der Waals surface area contributed by atoms with Gasteiger partial charge in [0.25, 0.3) is 0 Å². The molecule has 2 amide bonds. The van der Waals surface area contributed by atoms with E-state index < -0.39 is 6.04 Å². The Bertz CT molecular complexity index is 791. The van der Waals surface area contributed by atoms with Crippen molar-refractivity contribution in [3.8, 4) is 0 Å². The molecule has 27 heavy (non-hydrogen) atoms. The third-order valence-electron chi connectivity index (χ3n) is 4.92. The minimum Gasteiger partial charge on any atom is -0.356 e. The fraction of sp³-hybridized carbons (Fsp3) is 0.429. The molecule has 2 aromatic rings. The highest BCUT2D eigenvalue weighted by Crippen LogP contribution is 2.22. The first-order valence-corrected chi connectivity index (χ1v) is 10.8. The van der Waals surface area contributed by atoms with Gasteiger partial charge < -0.3 is 10.6 Å². The maximum Gasteiger partial charge on any atom is 0.237 e. The number of thioether (sulfide) groups is 1. The van der Waals surface area contributed by atoms with Crippen LogP contribution in [0.2, 0.25) is 0 Å². The second kappa shape index (κ2) is 9.76. The number of benzene rings is 2. The molecule has 0 spiro atoms. The van der Waals surface area contributed by atoms with Crippen molar-refractivity contribution in [2.45, 2.75) is 25.4 Å². The molecule has 1 atom stereocenters. The van der Waals surface area contributed by atoms with Gasteiger partial charge in [-0.25, -0.2) is 0 Å². The van der Waals surface area contributed by atoms with Crippen molar-refractivity contribution in [2.75, 3.05) is 31.6 Å². The number of carbonyl (C=O) groups is 2. The van der Waals surface area contributed by atoms with Gasteiger partial charge in [0.05, 0.1) is 12.5 Å². The number of fused-ring (bicyclic) bond motifs is 1. The zero-order valence-electron chi connectivity index (χ0n) is 15.7. The minimum atomic E-state index is -0.418.